The van der Waals surface area contributed by atoms with Crippen LogP contribution in [0.15, 0.2) is 131 Å². The number of carbonyl (C=O) groups excluding carboxylic acids is 2. The van der Waals surface area contributed by atoms with Crippen LogP contribution in [-0.2, 0) is 36.5 Å². The fourth-order valence-corrected chi connectivity index (χ4v) is 7.62. The molecule has 6 N–H and O–H groups in total. The second kappa shape index (κ2) is 23.7. The predicted octanol–water partition coefficient (Wildman–Crippen LogP) is 7.85. The van der Waals surface area contributed by atoms with E-state index in [9.17, 15) is 45.5 Å². The number of pyridine rings is 2. The van der Waals surface area contributed by atoms with E-state index in [1.165, 1.54) is 94.2 Å². The maximum absolute atomic E-state index is 13.9. The maximum Gasteiger partial charge on any atom is 0.496 e. The van der Waals surface area contributed by atoms with Crippen molar-refractivity contribution in [3.05, 3.63) is 205 Å². The van der Waals surface area contributed by atoms with Gasteiger partial charge in [-0.25, -0.2) is 46.3 Å². The average Bonchev–Trinajstić information content (AvgIpc) is 3.69. The minimum atomic E-state index is -0.808. The molecule has 9 rings (SSSR count). The Labute approximate surface area is 447 Å². The van der Waals surface area contributed by atoms with Gasteiger partial charge >= 0.3 is 7.12 Å². The summed E-state index contributed by atoms with van der Waals surface area (Å²) in [5, 5.41) is 4.59. The molecule has 1 aliphatic heterocycles. The Hall–Kier alpha value is -8.67. The van der Waals surface area contributed by atoms with Crippen LogP contribution in [-0.4, -0.2) is 59.2 Å². The molecule has 0 bridgehead atoms. The third kappa shape index (κ3) is 13.1. The molecule has 0 radical (unpaired) electrons. The lowest BCUT2D eigenvalue weighted by Crippen LogP contribution is -2.41. The first-order valence-corrected chi connectivity index (χ1v) is 23.9. The topological polar surface area (TPSA) is 224 Å². The Morgan fingerprint density at radius 1 is 0.551 bits per heavy atom. The normalized spacial score (nSPS) is 13.2. The summed E-state index contributed by atoms with van der Waals surface area (Å²) >= 11 is 6.06. The Morgan fingerprint density at radius 3 is 1.38 bits per heavy atom. The summed E-state index contributed by atoms with van der Waals surface area (Å²) in [6, 6.07) is 23.6. The molecule has 1 saturated heterocycles. The van der Waals surface area contributed by atoms with Gasteiger partial charge < -0.3 is 40.5 Å². The summed E-state index contributed by atoms with van der Waals surface area (Å²) in [6.45, 7) is 7.19. The molecule has 1 aliphatic rings. The smallest absolute Gasteiger partial charge is 0.399 e. The zero-order chi connectivity index (χ0) is 56.8. The Bertz CT molecular complexity index is 3630. The van der Waals surface area contributed by atoms with Crippen LogP contribution >= 0.6 is 11.6 Å². The molecule has 0 spiro atoms. The van der Waals surface area contributed by atoms with Crippen molar-refractivity contribution in [1.29, 1.82) is 0 Å². The van der Waals surface area contributed by atoms with Gasteiger partial charge in [0.1, 0.15) is 40.6 Å². The molecule has 0 aliphatic carbocycles. The van der Waals surface area contributed by atoms with Crippen molar-refractivity contribution in [3.63, 3.8) is 0 Å². The lowest BCUT2D eigenvalue weighted by Gasteiger charge is -2.32. The third-order valence-electron chi connectivity index (χ3n) is 12.4. The molecule has 4 aromatic heterocycles. The van der Waals surface area contributed by atoms with Crippen LogP contribution in [0.1, 0.15) is 59.8 Å². The zero-order valence-corrected chi connectivity index (χ0v) is 43.2. The van der Waals surface area contributed by atoms with Gasteiger partial charge in [-0.1, -0.05) is 29.8 Å². The molecule has 16 nitrogen and oxygen atoms in total. The highest BCUT2D eigenvalue weighted by atomic mass is 35.5. The van der Waals surface area contributed by atoms with Crippen molar-refractivity contribution in [2.75, 3.05) is 11.5 Å². The van der Waals surface area contributed by atoms with Gasteiger partial charge in [-0.3, -0.25) is 19.2 Å². The molecule has 402 valence electrons. The molecular weight excluding hydrogens is 1040 g/mol. The largest absolute Gasteiger partial charge is 0.496 e. The second-order valence-corrected chi connectivity index (χ2v) is 18.8. The summed E-state index contributed by atoms with van der Waals surface area (Å²) in [4.78, 5) is 64.9. The van der Waals surface area contributed by atoms with Crippen molar-refractivity contribution in [2.45, 2.75) is 52.0 Å². The molecular formula is C54H48BClF6N10O6. The average molecular weight is 1090 g/mol. The van der Waals surface area contributed by atoms with Crippen molar-refractivity contribution < 1.29 is 45.2 Å². The summed E-state index contributed by atoms with van der Waals surface area (Å²) in [6.07, 6.45) is 3.26. The SMILES string of the molecule is Cn1cc(-c2nc(C(=O)NCc3c(F)cccc3F)c(N)nc2-c2ccc(F)cc2)ccc1=O.Cn1cc(B2OC(C)(C)C(C)(C)O2)ccc1=O.Nc1nc(-c2ccc(F)cc2)c(Cl)nc1C(=O)NCc1c(F)cccc1F. The summed E-state index contributed by atoms with van der Waals surface area (Å²) in [7, 11) is 2.86. The highest BCUT2D eigenvalue weighted by Crippen LogP contribution is 2.36. The number of nitrogens with zero attached hydrogens (tertiary/aromatic N) is 6. The van der Waals surface area contributed by atoms with E-state index >= 15 is 0 Å². The third-order valence-corrected chi connectivity index (χ3v) is 12.7. The molecule has 5 heterocycles. The van der Waals surface area contributed by atoms with E-state index in [4.69, 9.17) is 32.4 Å². The molecule has 8 aromatic rings. The van der Waals surface area contributed by atoms with E-state index in [0.29, 0.717) is 16.7 Å². The molecule has 0 saturated carbocycles. The van der Waals surface area contributed by atoms with E-state index in [1.54, 1.807) is 26.4 Å². The lowest BCUT2D eigenvalue weighted by molar-refractivity contribution is 0.00578. The van der Waals surface area contributed by atoms with Crippen molar-refractivity contribution in [3.8, 4) is 33.8 Å². The number of aromatic nitrogens is 6. The number of aryl methyl sites for hydroxylation is 2. The number of carbonyl (C=O) groups is 2. The standard InChI is InChI=1S/C24H18F3N5O2.C18H12ClF3N4O.C12H18BNO3/c1-32-12-14(7-10-19(32)33)21-20(13-5-8-15(25)9-6-13)31-23(28)22(30-21)24(34)29-11-16-17(26)3-2-4-18(16)27;19-16-14(9-4-6-10(20)7-5-9)26-17(23)15(25-16)18(27)24-8-11-12(21)2-1-3-13(11)22;1-11(2)12(3,4)17-13(16-11)9-6-7-10(15)14(5)8-9/h2-10,12H,11H2,1H3,(H2,28,31)(H,29,34);1-7H,8H2,(H2,23,26)(H,24,27);6-8H,1-5H3. The van der Waals surface area contributed by atoms with E-state index < -0.39 is 66.9 Å². The predicted molar refractivity (Wildman–Crippen MR) is 282 cm³/mol. The van der Waals surface area contributed by atoms with Gasteiger partial charge in [0, 0.05) is 79.5 Å². The molecule has 0 unspecified atom stereocenters. The van der Waals surface area contributed by atoms with Crippen LogP contribution in [0.25, 0.3) is 33.8 Å². The number of hydrogen-bond donors (Lipinski definition) is 4. The first-order chi connectivity index (χ1) is 36.8. The van der Waals surface area contributed by atoms with E-state index in [-0.39, 0.29) is 78.7 Å². The van der Waals surface area contributed by atoms with Crippen LogP contribution in [0.2, 0.25) is 5.15 Å². The number of nitrogen functional groups attached to an aromatic ring is 2. The molecule has 0 atom stereocenters. The first kappa shape index (κ1) is 57.0. The molecule has 24 heteroatoms. The molecule has 1 fully saturated rings. The first-order valence-electron chi connectivity index (χ1n) is 23.5. The van der Waals surface area contributed by atoms with Crippen molar-refractivity contribution >= 4 is 47.6 Å². The van der Waals surface area contributed by atoms with Gasteiger partial charge in [0.2, 0.25) is 11.1 Å². The van der Waals surface area contributed by atoms with Crippen LogP contribution in [0.3, 0.4) is 0 Å². The van der Waals surface area contributed by atoms with Crippen molar-refractivity contribution in [2.24, 2.45) is 14.1 Å². The van der Waals surface area contributed by atoms with Crippen LogP contribution in [0.5, 0.6) is 0 Å². The van der Waals surface area contributed by atoms with Crippen LogP contribution < -0.4 is 38.7 Å². The van der Waals surface area contributed by atoms with Gasteiger partial charge in [-0.2, -0.15) is 0 Å². The monoisotopic (exact) mass is 1090 g/mol. The molecule has 4 aromatic carbocycles. The minimum absolute atomic E-state index is 0.0368. The number of nitrogens with two attached hydrogens (primary N) is 2. The number of anilines is 2. The summed E-state index contributed by atoms with van der Waals surface area (Å²) < 4.78 is 96.2. The van der Waals surface area contributed by atoms with E-state index in [2.05, 4.69) is 30.6 Å². The minimum Gasteiger partial charge on any atom is -0.399 e. The Morgan fingerprint density at radius 2 is 0.936 bits per heavy atom. The quantitative estimate of drug-likeness (QED) is 0.0759. The van der Waals surface area contributed by atoms with E-state index in [0.717, 1.165) is 29.7 Å². The lowest BCUT2D eigenvalue weighted by atomic mass is 9.80. The number of amides is 2. The van der Waals surface area contributed by atoms with Gasteiger partial charge in [-0.05, 0) is 112 Å². The maximum atomic E-state index is 13.9. The fourth-order valence-electron chi connectivity index (χ4n) is 7.39. The zero-order valence-electron chi connectivity index (χ0n) is 42.5. The number of rotatable bonds is 10. The fraction of sp³-hybridized carbons (Fsp3) is 0.185. The van der Waals surface area contributed by atoms with Crippen LogP contribution in [0, 0.1) is 34.9 Å². The van der Waals surface area contributed by atoms with Gasteiger partial charge in [0.05, 0.1) is 22.6 Å². The van der Waals surface area contributed by atoms with Crippen LogP contribution in [0.4, 0.5) is 38.0 Å². The molecule has 78 heavy (non-hydrogen) atoms. The second-order valence-electron chi connectivity index (χ2n) is 18.4. The highest BCUT2D eigenvalue weighted by Gasteiger charge is 2.51. The Kier molecular flexibility index (Phi) is 17.3. The van der Waals surface area contributed by atoms with Gasteiger partial charge in [0.15, 0.2) is 28.2 Å². The highest BCUT2D eigenvalue weighted by molar-refractivity contribution is 6.62. The number of nitrogens with one attached hydrogen (secondary N) is 2. The van der Waals surface area contributed by atoms with E-state index in [1.807, 2.05) is 27.7 Å². The van der Waals surface area contributed by atoms with Crippen molar-refractivity contribution in [1.82, 2.24) is 39.7 Å². The number of halogens is 7. The molecule has 2 amide bonds. The Balaban J connectivity index is 0.000000179. The summed E-state index contributed by atoms with van der Waals surface area (Å²) in [5.41, 5.74) is 12.5. The number of benzene rings is 4. The van der Waals surface area contributed by atoms with Gasteiger partial charge in [0.25, 0.3) is 11.8 Å². The van der Waals surface area contributed by atoms with Gasteiger partial charge in [-0.15, -0.1) is 0 Å². The number of hydrogen-bond acceptors (Lipinski definition) is 12. The summed E-state index contributed by atoms with van der Waals surface area (Å²) in [5.74, 6) is -6.16.